The molecule has 1 aliphatic rings. The molecule has 0 aliphatic carbocycles. The van der Waals surface area contributed by atoms with Crippen molar-refractivity contribution >= 4 is 50.2 Å². The molecule has 1 aromatic carbocycles. The van der Waals surface area contributed by atoms with Crippen molar-refractivity contribution in [1.82, 2.24) is 14.5 Å². The summed E-state index contributed by atoms with van der Waals surface area (Å²) in [5, 5.41) is 4.33. The number of aromatic nitrogens is 3. The molecule has 0 saturated carbocycles. The van der Waals surface area contributed by atoms with E-state index in [1.165, 1.54) is 23.1 Å². The minimum atomic E-state index is -0.129. The fourth-order valence-electron chi connectivity index (χ4n) is 3.78. The number of benzene rings is 1. The number of carbonyl (C=O) groups is 1. The number of thioether (sulfide) groups is 1. The SMILES string of the molecule is Cc1ccccc1NC(=O)CSc1nc2nc(N3CCC(C)CC3)sc2c(=O)n1C(C)C. The Morgan fingerprint density at radius 2 is 1.97 bits per heavy atom. The summed E-state index contributed by atoms with van der Waals surface area (Å²) >= 11 is 2.70. The first kappa shape index (κ1) is 22.8. The Labute approximate surface area is 196 Å². The summed E-state index contributed by atoms with van der Waals surface area (Å²) in [4.78, 5) is 37.5. The molecule has 2 aromatic heterocycles. The summed E-state index contributed by atoms with van der Waals surface area (Å²) in [6.07, 6.45) is 2.27. The van der Waals surface area contributed by atoms with Crippen LogP contribution >= 0.6 is 23.1 Å². The van der Waals surface area contributed by atoms with E-state index >= 15 is 0 Å². The summed E-state index contributed by atoms with van der Waals surface area (Å²) in [6, 6.07) is 7.60. The van der Waals surface area contributed by atoms with E-state index in [2.05, 4.69) is 17.1 Å². The molecular formula is C23H29N5O2S2. The van der Waals surface area contributed by atoms with Gasteiger partial charge < -0.3 is 10.2 Å². The minimum Gasteiger partial charge on any atom is -0.348 e. The molecular weight excluding hydrogens is 442 g/mol. The van der Waals surface area contributed by atoms with Gasteiger partial charge in [-0.3, -0.25) is 14.2 Å². The van der Waals surface area contributed by atoms with E-state index in [9.17, 15) is 9.59 Å². The second-order valence-corrected chi connectivity index (χ2v) is 10.6. The van der Waals surface area contributed by atoms with Crippen molar-refractivity contribution in [2.45, 2.75) is 51.7 Å². The van der Waals surface area contributed by atoms with Gasteiger partial charge in [0, 0.05) is 24.8 Å². The lowest BCUT2D eigenvalue weighted by Gasteiger charge is -2.29. The van der Waals surface area contributed by atoms with Crippen molar-refractivity contribution in [1.29, 1.82) is 0 Å². The van der Waals surface area contributed by atoms with Crippen LogP contribution in [0.1, 0.15) is 45.2 Å². The first-order valence-electron chi connectivity index (χ1n) is 11.0. The number of hydrogen-bond donors (Lipinski definition) is 1. The number of piperidine rings is 1. The number of amides is 1. The van der Waals surface area contributed by atoms with Gasteiger partial charge in [0.15, 0.2) is 15.9 Å². The van der Waals surface area contributed by atoms with Gasteiger partial charge in [-0.15, -0.1) is 0 Å². The van der Waals surface area contributed by atoms with Crippen molar-refractivity contribution in [3.8, 4) is 0 Å². The number of nitrogens with one attached hydrogen (secondary N) is 1. The zero-order valence-electron chi connectivity index (χ0n) is 18.9. The molecule has 0 unspecified atom stereocenters. The summed E-state index contributed by atoms with van der Waals surface area (Å²) in [6.45, 7) is 10.1. The van der Waals surface area contributed by atoms with Crippen LogP contribution in [-0.4, -0.2) is 39.3 Å². The minimum absolute atomic E-state index is 0.0669. The van der Waals surface area contributed by atoms with Crippen molar-refractivity contribution in [2.24, 2.45) is 5.92 Å². The number of anilines is 2. The molecule has 9 heteroatoms. The van der Waals surface area contributed by atoms with Crippen LogP contribution in [0.4, 0.5) is 10.8 Å². The normalized spacial score (nSPS) is 15.0. The van der Waals surface area contributed by atoms with E-state index in [0.717, 1.165) is 48.2 Å². The first-order valence-corrected chi connectivity index (χ1v) is 12.8. The van der Waals surface area contributed by atoms with Gasteiger partial charge in [-0.2, -0.15) is 4.98 Å². The zero-order valence-corrected chi connectivity index (χ0v) is 20.6. The highest BCUT2D eigenvalue weighted by atomic mass is 32.2. The Balaban J connectivity index is 1.57. The van der Waals surface area contributed by atoms with E-state index in [0.29, 0.717) is 15.5 Å². The van der Waals surface area contributed by atoms with E-state index in [-0.39, 0.29) is 23.3 Å². The van der Waals surface area contributed by atoms with Crippen LogP contribution in [-0.2, 0) is 4.79 Å². The number of thiazole rings is 1. The Hall–Kier alpha value is -2.39. The van der Waals surface area contributed by atoms with Gasteiger partial charge in [0.25, 0.3) is 5.56 Å². The van der Waals surface area contributed by atoms with Crippen LogP contribution < -0.4 is 15.8 Å². The highest BCUT2D eigenvalue weighted by Gasteiger charge is 2.23. The number of nitrogens with zero attached hydrogens (tertiary/aromatic N) is 4. The number of rotatable bonds is 6. The van der Waals surface area contributed by atoms with Crippen LogP contribution in [0.15, 0.2) is 34.2 Å². The second kappa shape index (κ2) is 9.62. The maximum Gasteiger partial charge on any atom is 0.274 e. The molecule has 32 heavy (non-hydrogen) atoms. The molecule has 0 radical (unpaired) electrons. The topological polar surface area (TPSA) is 80.1 Å². The summed E-state index contributed by atoms with van der Waals surface area (Å²) < 4.78 is 2.26. The number of hydrogen-bond acceptors (Lipinski definition) is 7. The van der Waals surface area contributed by atoms with Gasteiger partial charge in [-0.1, -0.05) is 48.2 Å². The quantitative estimate of drug-likeness (QED) is 0.414. The van der Waals surface area contributed by atoms with Gasteiger partial charge in [-0.25, -0.2) is 4.98 Å². The van der Waals surface area contributed by atoms with E-state index < -0.39 is 0 Å². The third-order valence-corrected chi connectivity index (χ3v) is 7.79. The lowest BCUT2D eigenvalue weighted by Crippen LogP contribution is -2.32. The molecule has 1 amide bonds. The largest absolute Gasteiger partial charge is 0.348 e. The maximum absolute atomic E-state index is 13.3. The van der Waals surface area contributed by atoms with E-state index in [4.69, 9.17) is 9.97 Å². The standard InChI is InChI=1S/C23H29N5O2S2/c1-14(2)28-21(30)19-20(25-22(32-19)27-11-9-15(3)10-12-27)26-23(28)31-13-18(29)24-17-8-6-5-7-16(17)4/h5-8,14-15H,9-13H2,1-4H3,(H,24,29). The monoisotopic (exact) mass is 471 g/mol. The Kier molecular flexibility index (Phi) is 6.85. The smallest absolute Gasteiger partial charge is 0.274 e. The molecule has 0 atom stereocenters. The predicted octanol–water partition coefficient (Wildman–Crippen LogP) is 4.71. The van der Waals surface area contributed by atoms with Crippen molar-refractivity contribution in [3.63, 3.8) is 0 Å². The zero-order chi connectivity index (χ0) is 22.8. The van der Waals surface area contributed by atoms with Crippen molar-refractivity contribution < 1.29 is 4.79 Å². The number of carbonyl (C=O) groups excluding carboxylic acids is 1. The first-order chi connectivity index (χ1) is 15.3. The molecule has 1 fully saturated rings. The van der Waals surface area contributed by atoms with Crippen molar-refractivity contribution in [2.75, 3.05) is 29.1 Å². The maximum atomic E-state index is 13.3. The van der Waals surface area contributed by atoms with Gasteiger partial charge in [0.05, 0.1) is 5.75 Å². The van der Waals surface area contributed by atoms with Crippen LogP contribution in [0.5, 0.6) is 0 Å². The van der Waals surface area contributed by atoms with Crippen LogP contribution in [0.3, 0.4) is 0 Å². The fraction of sp³-hybridized carbons (Fsp3) is 0.478. The molecule has 1 N–H and O–H groups in total. The number of fused-ring (bicyclic) bond motifs is 1. The predicted molar refractivity (Wildman–Crippen MR) is 133 cm³/mol. The summed E-state index contributed by atoms with van der Waals surface area (Å²) in [7, 11) is 0. The molecule has 1 saturated heterocycles. The van der Waals surface area contributed by atoms with E-state index in [1.54, 1.807) is 4.57 Å². The van der Waals surface area contributed by atoms with Gasteiger partial charge in [-0.05, 0) is 51.2 Å². The van der Waals surface area contributed by atoms with Crippen LogP contribution in [0.2, 0.25) is 0 Å². The van der Waals surface area contributed by atoms with Crippen molar-refractivity contribution in [3.05, 3.63) is 40.2 Å². The molecule has 3 heterocycles. The molecule has 3 aromatic rings. The summed E-state index contributed by atoms with van der Waals surface area (Å²) in [5.41, 5.74) is 2.20. The third-order valence-electron chi connectivity index (χ3n) is 5.74. The Morgan fingerprint density at radius 3 is 2.66 bits per heavy atom. The molecule has 4 rings (SSSR count). The molecule has 1 aliphatic heterocycles. The average Bonchev–Trinajstić information content (AvgIpc) is 3.19. The molecule has 0 spiro atoms. The van der Waals surface area contributed by atoms with Crippen LogP contribution in [0, 0.1) is 12.8 Å². The Morgan fingerprint density at radius 1 is 1.25 bits per heavy atom. The van der Waals surface area contributed by atoms with Crippen LogP contribution in [0.25, 0.3) is 10.3 Å². The lowest BCUT2D eigenvalue weighted by atomic mass is 10.00. The number of aryl methyl sites for hydroxylation is 1. The van der Waals surface area contributed by atoms with Gasteiger partial charge in [0.2, 0.25) is 5.91 Å². The second-order valence-electron chi connectivity index (χ2n) is 8.63. The average molecular weight is 472 g/mol. The Bertz CT molecular complexity index is 1180. The van der Waals surface area contributed by atoms with Gasteiger partial charge >= 0.3 is 0 Å². The molecule has 7 nitrogen and oxygen atoms in total. The third kappa shape index (κ3) is 4.83. The summed E-state index contributed by atoms with van der Waals surface area (Å²) in [5.74, 6) is 0.765. The molecule has 0 bridgehead atoms. The highest BCUT2D eigenvalue weighted by Crippen LogP contribution is 2.31. The highest BCUT2D eigenvalue weighted by molar-refractivity contribution is 7.99. The lowest BCUT2D eigenvalue weighted by molar-refractivity contribution is -0.113. The molecule has 170 valence electrons. The fourth-order valence-corrected chi connectivity index (χ4v) is 5.69. The van der Waals surface area contributed by atoms with E-state index in [1.807, 2.05) is 45.0 Å². The van der Waals surface area contributed by atoms with Gasteiger partial charge in [0.1, 0.15) is 4.70 Å². The number of para-hydroxylation sites is 1.